The Labute approximate surface area is 157 Å². The van der Waals surface area contributed by atoms with Crippen LogP contribution in [0.3, 0.4) is 0 Å². The van der Waals surface area contributed by atoms with E-state index in [0.29, 0.717) is 6.54 Å². The zero-order chi connectivity index (χ0) is 18.5. The molecule has 1 heterocycles. The summed E-state index contributed by atoms with van der Waals surface area (Å²) in [6, 6.07) is 16.5. The molecule has 1 aliphatic rings. The molecule has 138 valence electrons. The molecule has 26 heavy (non-hydrogen) atoms. The van der Waals surface area contributed by atoms with Crippen molar-refractivity contribution in [3.63, 3.8) is 0 Å². The van der Waals surface area contributed by atoms with Gasteiger partial charge in [-0.2, -0.15) is 0 Å². The molecule has 1 atom stereocenters. The van der Waals surface area contributed by atoms with E-state index in [-0.39, 0.29) is 5.91 Å². The van der Waals surface area contributed by atoms with Crippen LogP contribution in [-0.2, 0) is 13.1 Å². The first-order valence-corrected chi connectivity index (χ1v) is 9.63. The van der Waals surface area contributed by atoms with E-state index in [4.69, 9.17) is 0 Å². The summed E-state index contributed by atoms with van der Waals surface area (Å²) in [4.78, 5) is 17.0. The zero-order valence-corrected chi connectivity index (χ0v) is 16.2. The van der Waals surface area contributed by atoms with Crippen molar-refractivity contribution >= 4 is 5.91 Å². The highest BCUT2D eigenvalue weighted by atomic mass is 16.2. The Morgan fingerprint density at radius 1 is 1.08 bits per heavy atom. The van der Waals surface area contributed by atoms with Crippen LogP contribution in [-0.4, -0.2) is 35.8 Å². The molecule has 1 aliphatic heterocycles. The van der Waals surface area contributed by atoms with Crippen molar-refractivity contribution in [2.24, 2.45) is 5.92 Å². The molecule has 3 rings (SSSR count). The molecule has 1 amide bonds. The van der Waals surface area contributed by atoms with Crippen LogP contribution in [0.25, 0.3) is 0 Å². The number of piperidine rings is 1. The first kappa shape index (κ1) is 18.7. The summed E-state index contributed by atoms with van der Waals surface area (Å²) in [6.45, 7) is 8.39. The highest BCUT2D eigenvalue weighted by molar-refractivity contribution is 5.94. The lowest BCUT2D eigenvalue weighted by atomic mass is 9.99. The van der Waals surface area contributed by atoms with Crippen LogP contribution in [0.5, 0.6) is 0 Å². The average Bonchev–Trinajstić information content (AvgIpc) is 2.64. The Bertz CT molecular complexity index is 721. The lowest BCUT2D eigenvalue weighted by Crippen LogP contribution is -2.33. The minimum absolute atomic E-state index is 0.0729. The first-order valence-electron chi connectivity index (χ1n) is 9.63. The summed E-state index contributed by atoms with van der Waals surface area (Å²) < 4.78 is 0. The van der Waals surface area contributed by atoms with Crippen molar-refractivity contribution in [3.8, 4) is 0 Å². The first-order chi connectivity index (χ1) is 12.5. The molecule has 2 aromatic carbocycles. The fourth-order valence-corrected chi connectivity index (χ4v) is 3.70. The normalized spacial score (nSPS) is 17.9. The lowest BCUT2D eigenvalue weighted by molar-refractivity contribution is 0.0785. The Hall–Kier alpha value is -2.13. The average molecular weight is 351 g/mol. The molecule has 0 radical (unpaired) electrons. The van der Waals surface area contributed by atoms with Crippen molar-refractivity contribution in [1.29, 1.82) is 0 Å². The highest BCUT2D eigenvalue weighted by Gasteiger charge is 2.17. The third-order valence-electron chi connectivity index (χ3n) is 5.24. The highest BCUT2D eigenvalue weighted by Crippen LogP contribution is 2.18. The number of nitrogens with zero attached hydrogens (tertiary/aromatic N) is 2. The monoisotopic (exact) mass is 350 g/mol. The summed E-state index contributed by atoms with van der Waals surface area (Å²) >= 11 is 0. The smallest absolute Gasteiger partial charge is 0.253 e. The number of likely N-dealkylation sites (tertiary alicyclic amines) is 1. The van der Waals surface area contributed by atoms with Crippen molar-refractivity contribution in [2.45, 2.75) is 39.8 Å². The molecule has 0 spiro atoms. The summed E-state index contributed by atoms with van der Waals surface area (Å²) in [5.74, 6) is 0.865. The minimum atomic E-state index is 0.0729. The molecule has 2 aromatic rings. The predicted octanol–water partition coefficient (Wildman–Crippen LogP) is 4.50. The number of aryl methyl sites for hydroxylation is 1. The Morgan fingerprint density at radius 2 is 1.73 bits per heavy atom. The van der Waals surface area contributed by atoms with Gasteiger partial charge in [-0.1, -0.05) is 48.9 Å². The lowest BCUT2D eigenvalue weighted by Gasteiger charge is -2.30. The number of carbonyl (C=O) groups is 1. The Morgan fingerprint density at radius 3 is 2.38 bits per heavy atom. The van der Waals surface area contributed by atoms with E-state index in [1.54, 1.807) is 4.90 Å². The van der Waals surface area contributed by atoms with Crippen LogP contribution in [0.2, 0.25) is 0 Å². The number of hydrogen-bond acceptors (Lipinski definition) is 2. The van der Waals surface area contributed by atoms with E-state index < -0.39 is 0 Å². The van der Waals surface area contributed by atoms with Gasteiger partial charge in [0.05, 0.1) is 0 Å². The largest absolute Gasteiger partial charge is 0.337 e. The van der Waals surface area contributed by atoms with Crippen molar-refractivity contribution in [1.82, 2.24) is 9.80 Å². The van der Waals surface area contributed by atoms with Gasteiger partial charge in [0.1, 0.15) is 0 Å². The van der Waals surface area contributed by atoms with Gasteiger partial charge in [-0.15, -0.1) is 0 Å². The van der Waals surface area contributed by atoms with E-state index >= 15 is 0 Å². The maximum atomic E-state index is 12.7. The number of amides is 1. The summed E-state index contributed by atoms with van der Waals surface area (Å²) in [5.41, 5.74) is 4.44. The third kappa shape index (κ3) is 4.95. The Kier molecular flexibility index (Phi) is 6.10. The second-order valence-corrected chi connectivity index (χ2v) is 7.83. The van der Waals surface area contributed by atoms with Crippen LogP contribution >= 0.6 is 0 Å². The maximum absolute atomic E-state index is 12.7. The van der Waals surface area contributed by atoms with E-state index in [0.717, 1.165) is 23.6 Å². The number of rotatable bonds is 5. The molecule has 1 saturated heterocycles. The van der Waals surface area contributed by atoms with Gasteiger partial charge >= 0.3 is 0 Å². The summed E-state index contributed by atoms with van der Waals surface area (Å²) in [7, 11) is 1.87. The number of carbonyl (C=O) groups excluding carboxylic acids is 1. The van der Waals surface area contributed by atoms with Gasteiger partial charge in [0.15, 0.2) is 0 Å². The van der Waals surface area contributed by atoms with Crippen LogP contribution in [0.1, 0.15) is 46.8 Å². The predicted molar refractivity (Wildman–Crippen MR) is 107 cm³/mol. The maximum Gasteiger partial charge on any atom is 0.253 e. The third-order valence-corrected chi connectivity index (χ3v) is 5.24. The van der Waals surface area contributed by atoms with Gasteiger partial charge in [-0.25, -0.2) is 0 Å². The van der Waals surface area contributed by atoms with Crippen LogP contribution in [0, 0.1) is 12.8 Å². The zero-order valence-electron chi connectivity index (χ0n) is 16.2. The molecule has 3 nitrogen and oxygen atoms in total. The standard InChI is InChI=1S/C23H30N2O/c1-18-6-8-20(9-7-18)16-24(3)23(26)22-12-10-21(11-13-22)17-25-14-4-5-19(2)15-25/h6-13,19H,4-5,14-17H2,1-3H3/t19-/m0/s1. The second kappa shape index (κ2) is 8.50. The van der Waals surface area contributed by atoms with E-state index in [1.807, 2.05) is 19.2 Å². The molecule has 0 aromatic heterocycles. The van der Waals surface area contributed by atoms with Gasteiger partial charge in [0, 0.05) is 32.2 Å². The molecule has 0 saturated carbocycles. The van der Waals surface area contributed by atoms with Gasteiger partial charge < -0.3 is 4.90 Å². The summed E-state index contributed by atoms with van der Waals surface area (Å²) in [6.07, 6.45) is 2.64. The van der Waals surface area contributed by atoms with Gasteiger partial charge in [-0.05, 0) is 55.5 Å². The Balaban J connectivity index is 1.58. The second-order valence-electron chi connectivity index (χ2n) is 7.83. The minimum Gasteiger partial charge on any atom is -0.337 e. The van der Waals surface area contributed by atoms with Crippen molar-refractivity contribution in [2.75, 3.05) is 20.1 Å². The summed E-state index contributed by atoms with van der Waals surface area (Å²) in [5, 5.41) is 0. The molecular formula is C23H30N2O. The molecule has 0 aliphatic carbocycles. The molecular weight excluding hydrogens is 320 g/mol. The fourth-order valence-electron chi connectivity index (χ4n) is 3.70. The molecule has 0 bridgehead atoms. The van der Waals surface area contributed by atoms with E-state index in [9.17, 15) is 4.79 Å². The van der Waals surface area contributed by atoms with Gasteiger partial charge in [0.25, 0.3) is 5.91 Å². The van der Waals surface area contributed by atoms with Crippen molar-refractivity contribution in [3.05, 3.63) is 70.8 Å². The van der Waals surface area contributed by atoms with Gasteiger partial charge in [0.2, 0.25) is 0 Å². The quantitative estimate of drug-likeness (QED) is 0.793. The van der Waals surface area contributed by atoms with Crippen LogP contribution < -0.4 is 0 Å². The molecule has 3 heteroatoms. The molecule has 0 unspecified atom stereocenters. The molecule has 0 N–H and O–H groups in total. The van der Waals surface area contributed by atoms with Crippen LogP contribution in [0.15, 0.2) is 48.5 Å². The van der Waals surface area contributed by atoms with Gasteiger partial charge in [-0.3, -0.25) is 9.69 Å². The van der Waals surface area contributed by atoms with Crippen LogP contribution in [0.4, 0.5) is 0 Å². The fraction of sp³-hybridized carbons (Fsp3) is 0.435. The van der Waals surface area contributed by atoms with E-state index in [2.05, 4.69) is 55.1 Å². The van der Waals surface area contributed by atoms with Crippen molar-refractivity contribution < 1.29 is 4.79 Å². The number of benzene rings is 2. The topological polar surface area (TPSA) is 23.6 Å². The SMILES string of the molecule is Cc1ccc(CN(C)C(=O)c2ccc(CN3CCC[C@H](C)C3)cc2)cc1. The molecule has 1 fully saturated rings. The van der Waals surface area contributed by atoms with E-state index in [1.165, 1.54) is 37.1 Å². The number of hydrogen-bond donors (Lipinski definition) is 0.